The summed E-state index contributed by atoms with van der Waals surface area (Å²) in [5.74, 6) is 1.45. The fraction of sp³-hybridized carbons (Fsp3) is 0.471. The van der Waals surface area contributed by atoms with E-state index in [4.69, 9.17) is 4.74 Å². The lowest BCUT2D eigenvalue weighted by atomic mass is 9.82. The number of aromatic nitrogens is 3. The first kappa shape index (κ1) is 17.8. The molecule has 0 spiro atoms. The summed E-state index contributed by atoms with van der Waals surface area (Å²) in [6.07, 6.45) is 1.46. The summed E-state index contributed by atoms with van der Waals surface area (Å²) in [5.41, 5.74) is 0.762. The summed E-state index contributed by atoms with van der Waals surface area (Å²) in [7, 11) is 3.42. The Bertz CT molecular complexity index is 690. The number of benzene rings is 1. The molecule has 0 aliphatic carbocycles. The van der Waals surface area contributed by atoms with Crippen molar-refractivity contribution in [3.8, 4) is 5.75 Å². The molecule has 2 amide bonds. The topological polar surface area (TPSA) is 81.1 Å². The number of para-hydroxylation sites is 1. The number of urea groups is 1. The molecule has 1 aromatic heterocycles. The molecule has 2 aromatic rings. The molecule has 24 heavy (non-hydrogen) atoms. The molecule has 0 fully saturated rings. The van der Waals surface area contributed by atoms with Crippen molar-refractivity contribution < 1.29 is 9.53 Å². The van der Waals surface area contributed by atoms with Crippen LogP contribution in [0.4, 0.5) is 4.79 Å². The van der Waals surface area contributed by atoms with Crippen molar-refractivity contribution in [2.24, 2.45) is 12.5 Å². The van der Waals surface area contributed by atoms with Gasteiger partial charge in [0.05, 0.1) is 19.7 Å². The van der Waals surface area contributed by atoms with Crippen LogP contribution in [0.3, 0.4) is 0 Å². The molecule has 0 saturated carbocycles. The number of amides is 2. The van der Waals surface area contributed by atoms with Gasteiger partial charge in [-0.2, -0.15) is 5.10 Å². The predicted molar refractivity (Wildman–Crippen MR) is 91.6 cm³/mol. The molecule has 0 unspecified atom stereocenters. The van der Waals surface area contributed by atoms with Crippen molar-refractivity contribution in [1.29, 1.82) is 0 Å². The molecule has 1 aromatic carbocycles. The first-order valence-electron chi connectivity index (χ1n) is 7.83. The number of ether oxygens (including phenoxy) is 1. The van der Waals surface area contributed by atoms with Crippen LogP contribution in [-0.4, -0.2) is 27.9 Å². The van der Waals surface area contributed by atoms with Crippen LogP contribution >= 0.6 is 0 Å². The SMILES string of the molecule is COc1ccccc1[C@@H](NC(=O)NCc1ncnn1C)C(C)(C)C. The van der Waals surface area contributed by atoms with Crippen molar-refractivity contribution in [3.63, 3.8) is 0 Å². The zero-order valence-electron chi connectivity index (χ0n) is 14.8. The average Bonchev–Trinajstić information content (AvgIpc) is 2.94. The van der Waals surface area contributed by atoms with Gasteiger partial charge in [0.1, 0.15) is 17.9 Å². The van der Waals surface area contributed by atoms with Gasteiger partial charge >= 0.3 is 6.03 Å². The van der Waals surface area contributed by atoms with Crippen LogP contribution in [0.5, 0.6) is 5.75 Å². The Morgan fingerprint density at radius 3 is 2.62 bits per heavy atom. The van der Waals surface area contributed by atoms with Gasteiger partial charge in [0.25, 0.3) is 0 Å². The van der Waals surface area contributed by atoms with Crippen LogP contribution in [-0.2, 0) is 13.6 Å². The summed E-state index contributed by atoms with van der Waals surface area (Å²) >= 11 is 0. The van der Waals surface area contributed by atoms with Crippen LogP contribution < -0.4 is 15.4 Å². The Kier molecular flexibility index (Phi) is 5.43. The molecule has 7 nitrogen and oxygen atoms in total. The van der Waals surface area contributed by atoms with Crippen molar-refractivity contribution in [2.45, 2.75) is 33.4 Å². The number of rotatable bonds is 5. The molecular weight excluding hydrogens is 306 g/mol. The molecule has 0 aliphatic heterocycles. The van der Waals surface area contributed by atoms with E-state index in [1.165, 1.54) is 6.33 Å². The molecule has 2 rings (SSSR count). The summed E-state index contributed by atoms with van der Waals surface area (Å²) in [4.78, 5) is 16.4. The molecule has 0 saturated heterocycles. The van der Waals surface area contributed by atoms with E-state index < -0.39 is 0 Å². The van der Waals surface area contributed by atoms with Gasteiger partial charge in [-0.05, 0) is 11.5 Å². The largest absolute Gasteiger partial charge is 0.496 e. The van der Waals surface area contributed by atoms with E-state index >= 15 is 0 Å². The van der Waals surface area contributed by atoms with E-state index in [9.17, 15) is 4.79 Å². The third kappa shape index (κ3) is 4.24. The lowest BCUT2D eigenvalue weighted by Crippen LogP contribution is -2.42. The minimum Gasteiger partial charge on any atom is -0.496 e. The highest BCUT2D eigenvalue weighted by Crippen LogP contribution is 2.37. The number of hydrogen-bond acceptors (Lipinski definition) is 4. The predicted octanol–water partition coefficient (Wildman–Crippen LogP) is 2.41. The third-order valence-electron chi connectivity index (χ3n) is 3.80. The van der Waals surface area contributed by atoms with E-state index in [0.29, 0.717) is 12.4 Å². The van der Waals surface area contributed by atoms with Crippen LogP contribution in [0.25, 0.3) is 0 Å². The van der Waals surface area contributed by atoms with Gasteiger partial charge in [0.2, 0.25) is 0 Å². The Balaban J connectivity index is 2.12. The fourth-order valence-electron chi connectivity index (χ4n) is 2.49. The number of methoxy groups -OCH3 is 1. The van der Waals surface area contributed by atoms with Crippen molar-refractivity contribution in [1.82, 2.24) is 25.4 Å². The number of hydrogen-bond donors (Lipinski definition) is 2. The molecule has 0 radical (unpaired) electrons. The van der Waals surface area contributed by atoms with E-state index in [1.807, 2.05) is 24.3 Å². The van der Waals surface area contributed by atoms with Crippen LogP contribution in [0.2, 0.25) is 0 Å². The fourth-order valence-corrected chi connectivity index (χ4v) is 2.49. The number of carbonyl (C=O) groups is 1. The first-order chi connectivity index (χ1) is 11.3. The Labute approximate surface area is 142 Å². The number of nitrogens with one attached hydrogen (secondary N) is 2. The maximum Gasteiger partial charge on any atom is 0.315 e. The van der Waals surface area contributed by atoms with E-state index in [2.05, 4.69) is 41.5 Å². The molecule has 1 heterocycles. The standard InChI is InChI=1S/C17H25N5O2/c1-17(2,3)15(12-8-6-7-9-13(12)24-5)21-16(23)18-10-14-19-11-20-22(14)4/h6-9,11,15H,10H2,1-5H3,(H2,18,21,23)/t15-/m1/s1. The maximum absolute atomic E-state index is 12.4. The highest BCUT2D eigenvalue weighted by molar-refractivity contribution is 5.74. The summed E-state index contributed by atoms with van der Waals surface area (Å²) in [5, 5.41) is 9.85. The highest BCUT2D eigenvalue weighted by atomic mass is 16.5. The lowest BCUT2D eigenvalue weighted by molar-refractivity contribution is 0.216. The van der Waals surface area contributed by atoms with Gasteiger partial charge < -0.3 is 15.4 Å². The highest BCUT2D eigenvalue weighted by Gasteiger charge is 2.30. The normalized spacial score (nSPS) is 12.5. The number of carbonyl (C=O) groups excluding carboxylic acids is 1. The molecule has 2 N–H and O–H groups in total. The van der Waals surface area contributed by atoms with Gasteiger partial charge in [-0.3, -0.25) is 4.68 Å². The van der Waals surface area contributed by atoms with Crippen molar-refractivity contribution >= 4 is 6.03 Å². The number of aryl methyl sites for hydroxylation is 1. The molecule has 130 valence electrons. The quantitative estimate of drug-likeness (QED) is 0.881. The zero-order valence-corrected chi connectivity index (χ0v) is 14.8. The van der Waals surface area contributed by atoms with Crippen molar-refractivity contribution in [2.75, 3.05) is 7.11 Å². The molecule has 0 aliphatic rings. The zero-order chi connectivity index (χ0) is 17.7. The Morgan fingerprint density at radius 1 is 1.33 bits per heavy atom. The van der Waals surface area contributed by atoms with Crippen LogP contribution in [0.1, 0.15) is 38.2 Å². The van der Waals surface area contributed by atoms with Gasteiger partial charge in [0.15, 0.2) is 0 Å². The number of nitrogens with zero attached hydrogens (tertiary/aromatic N) is 3. The lowest BCUT2D eigenvalue weighted by Gasteiger charge is -2.32. The average molecular weight is 331 g/mol. The Hall–Kier alpha value is -2.57. The van der Waals surface area contributed by atoms with E-state index in [1.54, 1.807) is 18.8 Å². The second-order valence-corrected chi connectivity index (χ2v) is 6.67. The van der Waals surface area contributed by atoms with Gasteiger partial charge in [-0.1, -0.05) is 39.0 Å². The summed E-state index contributed by atoms with van der Waals surface area (Å²) in [6.45, 7) is 6.54. The minimum atomic E-state index is -0.260. The minimum absolute atomic E-state index is 0.184. The second-order valence-electron chi connectivity index (χ2n) is 6.67. The molecule has 0 bridgehead atoms. The second kappa shape index (κ2) is 7.33. The molecule has 7 heteroatoms. The third-order valence-corrected chi connectivity index (χ3v) is 3.80. The van der Waals surface area contributed by atoms with Crippen molar-refractivity contribution in [3.05, 3.63) is 42.0 Å². The maximum atomic E-state index is 12.4. The van der Waals surface area contributed by atoms with Crippen LogP contribution in [0, 0.1) is 5.41 Å². The molecular formula is C17H25N5O2. The van der Waals surface area contributed by atoms with Gasteiger partial charge in [-0.15, -0.1) is 0 Å². The van der Waals surface area contributed by atoms with Gasteiger partial charge in [-0.25, -0.2) is 9.78 Å². The summed E-state index contributed by atoms with van der Waals surface area (Å²) in [6, 6.07) is 7.26. The van der Waals surface area contributed by atoms with E-state index in [0.717, 1.165) is 11.3 Å². The smallest absolute Gasteiger partial charge is 0.315 e. The van der Waals surface area contributed by atoms with Gasteiger partial charge in [0, 0.05) is 12.6 Å². The van der Waals surface area contributed by atoms with Crippen LogP contribution in [0.15, 0.2) is 30.6 Å². The van der Waals surface area contributed by atoms with E-state index in [-0.39, 0.29) is 17.5 Å². The molecule has 1 atom stereocenters. The monoisotopic (exact) mass is 331 g/mol. The Morgan fingerprint density at radius 2 is 2.04 bits per heavy atom. The summed E-state index contributed by atoms with van der Waals surface area (Å²) < 4.78 is 7.07. The first-order valence-corrected chi connectivity index (χ1v) is 7.83.